The van der Waals surface area contributed by atoms with Gasteiger partial charge < -0.3 is 9.84 Å². The maximum atomic E-state index is 11.8. The van der Waals surface area contributed by atoms with Gasteiger partial charge in [0.15, 0.2) is 5.76 Å². The van der Waals surface area contributed by atoms with Gasteiger partial charge in [0.05, 0.1) is 11.4 Å². The number of hydrogen-bond acceptors (Lipinski definition) is 4. The van der Waals surface area contributed by atoms with Gasteiger partial charge in [-0.15, -0.1) is 11.3 Å². The Kier molecular flexibility index (Phi) is 4.74. The van der Waals surface area contributed by atoms with Crippen molar-refractivity contribution in [2.24, 2.45) is 5.92 Å². The van der Waals surface area contributed by atoms with E-state index in [4.69, 9.17) is 4.52 Å². The third-order valence-electron chi connectivity index (χ3n) is 3.12. The average molecular weight is 278 g/mol. The number of carbonyl (C=O) groups is 1. The van der Waals surface area contributed by atoms with E-state index in [-0.39, 0.29) is 11.8 Å². The number of aromatic nitrogens is 1. The monoisotopic (exact) mass is 278 g/mol. The molecule has 0 spiro atoms. The summed E-state index contributed by atoms with van der Waals surface area (Å²) in [5, 5.41) is 8.87. The van der Waals surface area contributed by atoms with E-state index in [2.05, 4.69) is 10.5 Å². The molecule has 102 valence electrons. The van der Waals surface area contributed by atoms with Crippen molar-refractivity contribution in [2.75, 3.05) is 0 Å². The molecule has 0 aliphatic rings. The molecule has 2 aromatic rings. The molecule has 1 N–H and O–H groups in total. The van der Waals surface area contributed by atoms with Crippen LogP contribution in [0.1, 0.15) is 32.4 Å². The number of nitrogens with zero attached hydrogens (tertiary/aromatic N) is 1. The molecule has 2 aromatic heterocycles. The maximum Gasteiger partial charge on any atom is 0.223 e. The average Bonchev–Trinajstić information content (AvgIpc) is 3.08. The smallest absolute Gasteiger partial charge is 0.223 e. The Bertz CT molecular complexity index is 515. The Hall–Kier alpha value is -1.62. The van der Waals surface area contributed by atoms with Crippen molar-refractivity contribution >= 4 is 17.2 Å². The van der Waals surface area contributed by atoms with Gasteiger partial charge in [-0.2, -0.15) is 0 Å². The van der Waals surface area contributed by atoms with Gasteiger partial charge in [0.25, 0.3) is 0 Å². The number of thiophene rings is 1. The highest BCUT2D eigenvalue weighted by molar-refractivity contribution is 7.13. The second kappa shape index (κ2) is 6.52. The summed E-state index contributed by atoms with van der Waals surface area (Å²) in [6.07, 6.45) is 1.73. The SMILES string of the molecule is CCC(CC)C(=O)NCc1cc(-c2cccs2)on1. The molecule has 0 fully saturated rings. The molecular weight excluding hydrogens is 260 g/mol. The van der Waals surface area contributed by atoms with Crippen LogP contribution in [-0.4, -0.2) is 11.1 Å². The normalized spacial score (nSPS) is 10.9. The predicted molar refractivity (Wildman–Crippen MR) is 75.7 cm³/mol. The highest BCUT2D eigenvalue weighted by Crippen LogP contribution is 2.25. The van der Waals surface area contributed by atoms with E-state index in [0.29, 0.717) is 6.54 Å². The molecule has 0 saturated carbocycles. The molecule has 0 radical (unpaired) electrons. The first kappa shape index (κ1) is 13.8. The van der Waals surface area contributed by atoms with Gasteiger partial charge in [0.1, 0.15) is 5.69 Å². The third kappa shape index (κ3) is 3.44. The van der Waals surface area contributed by atoms with Crippen LogP contribution in [0.25, 0.3) is 10.6 Å². The first-order chi connectivity index (χ1) is 9.24. The standard InChI is InChI=1S/C14H18N2O2S/c1-3-10(4-2)14(17)15-9-11-8-12(18-16-11)13-6-5-7-19-13/h5-8,10H,3-4,9H2,1-2H3,(H,15,17). The minimum Gasteiger partial charge on any atom is -0.355 e. The summed E-state index contributed by atoms with van der Waals surface area (Å²) in [5.74, 6) is 0.927. The number of carbonyl (C=O) groups excluding carboxylic acids is 1. The highest BCUT2D eigenvalue weighted by Gasteiger charge is 2.14. The van der Waals surface area contributed by atoms with Crippen LogP contribution in [0.15, 0.2) is 28.1 Å². The summed E-state index contributed by atoms with van der Waals surface area (Å²) < 4.78 is 5.26. The lowest BCUT2D eigenvalue weighted by molar-refractivity contribution is -0.125. The maximum absolute atomic E-state index is 11.8. The molecular formula is C14H18N2O2S. The van der Waals surface area contributed by atoms with Gasteiger partial charge in [-0.05, 0) is 24.3 Å². The van der Waals surface area contributed by atoms with E-state index >= 15 is 0 Å². The van der Waals surface area contributed by atoms with Gasteiger partial charge >= 0.3 is 0 Å². The minimum absolute atomic E-state index is 0.0867. The third-order valence-corrected chi connectivity index (χ3v) is 4.01. The van der Waals surface area contributed by atoms with Crippen molar-refractivity contribution in [3.8, 4) is 10.6 Å². The van der Waals surface area contributed by atoms with Crippen LogP contribution in [0.5, 0.6) is 0 Å². The zero-order valence-electron chi connectivity index (χ0n) is 11.2. The van der Waals surface area contributed by atoms with Crippen molar-refractivity contribution in [3.63, 3.8) is 0 Å². The van der Waals surface area contributed by atoms with Crippen LogP contribution in [0, 0.1) is 5.92 Å². The van der Waals surface area contributed by atoms with Crippen LogP contribution in [0.2, 0.25) is 0 Å². The quantitative estimate of drug-likeness (QED) is 0.880. The second-order valence-electron chi connectivity index (χ2n) is 4.39. The molecule has 2 rings (SSSR count). The molecule has 0 atom stereocenters. The van der Waals surface area contributed by atoms with Crippen LogP contribution >= 0.6 is 11.3 Å². The van der Waals surface area contributed by atoms with Crippen LogP contribution in [0.3, 0.4) is 0 Å². The zero-order chi connectivity index (χ0) is 13.7. The molecule has 2 heterocycles. The van der Waals surface area contributed by atoms with Crippen molar-refractivity contribution in [2.45, 2.75) is 33.2 Å². The molecule has 19 heavy (non-hydrogen) atoms. The Morgan fingerprint density at radius 2 is 2.26 bits per heavy atom. The van der Waals surface area contributed by atoms with Crippen LogP contribution in [-0.2, 0) is 11.3 Å². The number of rotatable bonds is 6. The van der Waals surface area contributed by atoms with E-state index in [1.54, 1.807) is 11.3 Å². The van der Waals surface area contributed by atoms with Crippen LogP contribution < -0.4 is 5.32 Å². The van der Waals surface area contributed by atoms with E-state index in [1.807, 2.05) is 37.4 Å². The lowest BCUT2D eigenvalue weighted by atomic mass is 10.0. The van der Waals surface area contributed by atoms with E-state index in [9.17, 15) is 4.79 Å². The summed E-state index contributed by atoms with van der Waals surface area (Å²) in [5.41, 5.74) is 0.753. The summed E-state index contributed by atoms with van der Waals surface area (Å²) in [6.45, 7) is 4.47. The first-order valence-electron chi connectivity index (χ1n) is 6.51. The summed E-state index contributed by atoms with van der Waals surface area (Å²) in [6, 6.07) is 5.83. The van der Waals surface area contributed by atoms with E-state index in [0.717, 1.165) is 29.2 Å². The molecule has 0 aromatic carbocycles. The van der Waals surface area contributed by atoms with Crippen molar-refractivity contribution in [3.05, 3.63) is 29.3 Å². The zero-order valence-corrected chi connectivity index (χ0v) is 12.0. The van der Waals surface area contributed by atoms with Gasteiger partial charge in [-0.25, -0.2) is 0 Å². The van der Waals surface area contributed by atoms with E-state index < -0.39 is 0 Å². The number of hydrogen-bond donors (Lipinski definition) is 1. The lowest BCUT2D eigenvalue weighted by Crippen LogP contribution is -2.29. The summed E-state index contributed by atoms with van der Waals surface area (Å²) in [4.78, 5) is 12.9. The topological polar surface area (TPSA) is 55.1 Å². The van der Waals surface area contributed by atoms with E-state index in [1.165, 1.54) is 0 Å². The molecule has 0 unspecified atom stereocenters. The minimum atomic E-state index is 0.0867. The second-order valence-corrected chi connectivity index (χ2v) is 5.34. The summed E-state index contributed by atoms with van der Waals surface area (Å²) in [7, 11) is 0. The molecule has 0 saturated heterocycles. The Morgan fingerprint density at radius 1 is 1.47 bits per heavy atom. The van der Waals surface area contributed by atoms with Gasteiger partial charge in [-0.3, -0.25) is 4.79 Å². The van der Waals surface area contributed by atoms with Gasteiger partial charge in [-0.1, -0.05) is 25.1 Å². The highest BCUT2D eigenvalue weighted by atomic mass is 32.1. The Balaban J connectivity index is 1.92. The van der Waals surface area contributed by atoms with Crippen molar-refractivity contribution in [1.82, 2.24) is 10.5 Å². The fourth-order valence-corrected chi connectivity index (χ4v) is 2.58. The Labute approximate surface area is 116 Å². The van der Waals surface area contributed by atoms with Gasteiger partial charge in [0.2, 0.25) is 5.91 Å². The largest absolute Gasteiger partial charge is 0.355 e. The lowest BCUT2D eigenvalue weighted by Gasteiger charge is -2.11. The first-order valence-corrected chi connectivity index (χ1v) is 7.39. The molecule has 4 nitrogen and oxygen atoms in total. The predicted octanol–water partition coefficient (Wildman–Crippen LogP) is 3.46. The molecule has 0 aliphatic heterocycles. The number of nitrogens with one attached hydrogen (secondary N) is 1. The Morgan fingerprint density at radius 3 is 2.89 bits per heavy atom. The fourth-order valence-electron chi connectivity index (χ4n) is 1.91. The van der Waals surface area contributed by atoms with Crippen molar-refractivity contribution in [1.29, 1.82) is 0 Å². The fraction of sp³-hybridized carbons (Fsp3) is 0.429. The molecule has 1 amide bonds. The number of amides is 1. The molecule has 0 bridgehead atoms. The van der Waals surface area contributed by atoms with Crippen molar-refractivity contribution < 1.29 is 9.32 Å². The summed E-state index contributed by atoms with van der Waals surface area (Å²) >= 11 is 1.60. The van der Waals surface area contributed by atoms with Gasteiger partial charge in [0, 0.05) is 12.0 Å². The molecule has 0 aliphatic carbocycles. The van der Waals surface area contributed by atoms with Crippen LogP contribution in [0.4, 0.5) is 0 Å². The molecule has 5 heteroatoms.